The molecule has 2 rings (SSSR count). The van der Waals surface area contributed by atoms with Gasteiger partial charge in [-0.2, -0.15) is 0 Å². The fraction of sp³-hybridized carbons (Fsp3) is 0.769. The van der Waals surface area contributed by atoms with Gasteiger partial charge in [-0.05, 0) is 25.3 Å². The van der Waals surface area contributed by atoms with Gasteiger partial charge < -0.3 is 9.88 Å². The predicted molar refractivity (Wildman–Crippen MR) is 66.2 cm³/mol. The van der Waals surface area contributed by atoms with Crippen molar-refractivity contribution in [2.75, 3.05) is 6.54 Å². The number of aromatic nitrogens is 2. The van der Waals surface area contributed by atoms with Crippen LogP contribution in [0.2, 0.25) is 0 Å². The van der Waals surface area contributed by atoms with Crippen LogP contribution in [-0.4, -0.2) is 16.1 Å². The maximum absolute atomic E-state index is 4.42. The van der Waals surface area contributed by atoms with E-state index in [9.17, 15) is 0 Å². The Labute approximate surface area is 98.3 Å². The Morgan fingerprint density at radius 2 is 2.19 bits per heavy atom. The van der Waals surface area contributed by atoms with Crippen molar-refractivity contribution >= 4 is 0 Å². The van der Waals surface area contributed by atoms with E-state index in [2.05, 4.69) is 28.0 Å². The van der Waals surface area contributed by atoms with Gasteiger partial charge in [-0.1, -0.05) is 26.2 Å². The zero-order valence-electron chi connectivity index (χ0n) is 10.3. The summed E-state index contributed by atoms with van der Waals surface area (Å²) in [6.45, 7) is 5.20. The molecule has 1 saturated carbocycles. The Morgan fingerprint density at radius 1 is 1.38 bits per heavy atom. The molecule has 0 amide bonds. The molecule has 1 aliphatic rings. The van der Waals surface area contributed by atoms with Gasteiger partial charge in [0.1, 0.15) is 0 Å². The molecule has 90 valence electrons. The minimum absolute atomic E-state index is 0.884. The summed E-state index contributed by atoms with van der Waals surface area (Å²) in [6.07, 6.45) is 11.3. The molecule has 1 heterocycles. The van der Waals surface area contributed by atoms with E-state index in [0.717, 1.165) is 24.7 Å². The molecule has 1 aromatic rings. The minimum Gasteiger partial charge on any atom is -0.337 e. The zero-order chi connectivity index (χ0) is 11.2. The quantitative estimate of drug-likeness (QED) is 0.828. The molecule has 1 aromatic heterocycles. The highest BCUT2D eigenvalue weighted by Gasteiger charge is 2.13. The highest BCUT2D eigenvalue weighted by molar-refractivity contribution is 4.96. The van der Waals surface area contributed by atoms with E-state index in [1.54, 1.807) is 0 Å². The van der Waals surface area contributed by atoms with Crippen molar-refractivity contribution in [3.63, 3.8) is 0 Å². The van der Waals surface area contributed by atoms with E-state index in [1.165, 1.54) is 38.6 Å². The third kappa shape index (κ3) is 3.34. The molecule has 1 N–H and O–H groups in total. The van der Waals surface area contributed by atoms with Crippen LogP contribution in [0.3, 0.4) is 0 Å². The number of hydrogen-bond donors (Lipinski definition) is 1. The largest absolute Gasteiger partial charge is 0.337 e. The van der Waals surface area contributed by atoms with E-state index in [0.29, 0.717) is 0 Å². The molecule has 0 aliphatic heterocycles. The summed E-state index contributed by atoms with van der Waals surface area (Å²) in [4.78, 5) is 4.42. The second-order valence-electron chi connectivity index (χ2n) is 4.85. The molecule has 16 heavy (non-hydrogen) atoms. The summed E-state index contributed by atoms with van der Waals surface area (Å²) in [5.74, 6) is 0.884. The molecule has 0 aromatic carbocycles. The maximum Gasteiger partial charge on any atom is 0.0950 e. The number of imidazole rings is 1. The third-order valence-electron chi connectivity index (χ3n) is 3.44. The molecule has 1 fully saturated rings. The van der Waals surface area contributed by atoms with Crippen LogP contribution in [0.4, 0.5) is 0 Å². The highest BCUT2D eigenvalue weighted by atomic mass is 15.0. The van der Waals surface area contributed by atoms with Gasteiger partial charge in [-0.15, -0.1) is 0 Å². The second kappa shape index (κ2) is 6.04. The Morgan fingerprint density at radius 3 is 2.94 bits per heavy atom. The van der Waals surface area contributed by atoms with E-state index in [4.69, 9.17) is 0 Å². The van der Waals surface area contributed by atoms with Crippen LogP contribution >= 0.6 is 0 Å². The molecule has 0 saturated heterocycles. The van der Waals surface area contributed by atoms with Crippen molar-refractivity contribution in [1.29, 1.82) is 0 Å². The Hall–Kier alpha value is -0.830. The molecule has 0 radical (unpaired) electrons. The first-order valence-corrected chi connectivity index (χ1v) is 6.60. The molecule has 0 atom stereocenters. The van der Waals surface area contributed by atoms with Gasteiger partial charge in [-0.25, -0.2) is 4.98 Å². The fourth-order valence-corrected chi connectivity index (χ4v) is 2.52. The average Bonchev–Trinajstić information content (AvgIpc) is 2.75. The van der Waals surface area contributed by atoms with Gasteiger partial charge in [0.25, 0.3) is 0 Å². The molecule has 0 spiro atoms. The second-order valence-corrected chi connectivity index (χ2v) is 4.85. The normalized spacial score (nSPS) is 17.8. The van der Waals surface area contributed by atoms with Crippen LogP contribution in [0.5, 0.6) is 0 Å². The predicted octanol–water partition coefficient (Wildman–Crippen LogP) is 2.57. The Kier molecular flexibility index (Phi) is 4.40. The molecular weight excluding hydrogens is 198 g/mol. The standard InChI is InChI=1S/C13H23N3/c1-2-14-8-13-10-16(11-15-13)9-12-6-4-3-5-7-12/h10-12,14H,2-9H2,1H3. The lowest BCUT2D eigenvalue weighted by molar-refractivity contribution is 0.319. The lowest BCUT2D eigenvalue weighted by atomic mass is 9.89. The SMILES string of the molecule is CCNCc1cn(CC2CCCCC2)cn1. The first-order valence-electron chi connectivity index (χ1n) is 6.60. The van der Waals surface area contributed by atoms with Crippen LogP contribution in [0.15, 0.2) is 12.5 Å². The topological polar surface area (TPSA) is 29.9 Å². The van der Waals surface area contributed by atoms with Crippen molar-refractivity contribution < 1.29 is 0 Å². The van der Waals surface area contributed by atoms with Crippen LogP contribution in [0.25, 0.3) is 0 Å². The molecule has 0 bridgehead atoms. The van der Waals surface area contributed by atoms with Crippen molar-refractivity contribution in [3.05, 3.63) is 18.2 Å². The number of nitrogens with zero attached hydrogens (tertiary/aromatic N) is 2. The van der Waals surface area contributed by atoms with Gasteiger partial charge in [0.15, 0.2) is 0 Å². The van der Waals surface area contributed by atoms with Crippen LogP contribution in [-0.2, 0) is 13.1 Å². The summed E-state index contributed by atoms with van der Waals surface area (Å²) in [5.41, 5.74) is 1.16. The summed E-state index contributed by atoms with van der Waals surface area (Å²) < 4.78 is 2.27. The van der Waals surface area contributed by atoms with Crippen molar-refractivity contribution in [3.8, 4) is 0 Å². The lowest BCUT2D eigenvalue weighted by Gasteiger charge is -2.21. The molecule has 0 unspecified atom stereocenters. The fourth-order valence-electron chi connectivity index (χ4n) is 2.52. The van der Waals surface area contributed by atoms with E-state index < -0.39 is 0 Å². The highest BCUT2D eigenvalue weighted by Crippen LogP contribution is 2.24. The van der Waals surface area contributed by atoms with Gasteiger partial charge in [0.05, 0.1) is 12.0 Å². The van der Waals surface area contributed by atoms with Crippen LogP contribution < -0.4 is 5.32 Å². The monoisotopic (exact) mass is 221 g/mol. The van der Waals surface area contributed by atoms with Gasteiger partial charge >= 0.3 is 0 Å². The van der Waals surface area contributed by atoms with Crippen molar-refractivity contribution in [2.24, 2.45) is 5.92 Å². The summed E-state index contributed by atoms with van der Waals surface area (Å²) in [6, 6.07) is 0. The van der Waals surface area contributed by atoms with E-state index in [1.807, 2.05) is 6.33 Å². The smallest absolute Gasteiger partial charge is 0.0950 e. The average molecular weight is 221 g/mol. The minimum atomic E-state index is 0.884. The molecule has 1 aliphatic carbocycles. The van der Waals surface area contributed by atoms with Gasteiger partial charge in [0.2, 0.25) is 0 Å². The number of rotatable bonds is 5. The van der Waals surface area contributed by atoms with Crippen LogP contribution in [0, 0.1) is 5.92 Å². The number of hydrogen-bond acceptors (Lipinski definition) is 2. The lowest BCUT2D eigenvalue weighted by Crippen LogP contribution is -2.13. The first kappa shape index (κ1) is 11.6. The van der Waals surface area contributed by atoms with E-state index in [-0.39, 0.29) is 0 Å². The molecular formula is C13H23N3. The van der Waals surface area contributed by atoms with Crippen molar-refractivity contribution in [1.82, 2.24) is 14.9 Å². The third-order valence-corrected chi connectivity index (χ3v) is 3.44. The summed E-state index contributed by atoms with van der Waals surface area (Å²) >= 11 is 0. The zero-order valence-corrected chi connectivity index (χ0v) is 10.3. The summed E-state index contributed by atoms with van der Waals surface area (Å²) in [7, 11) is 0. The summed E-state index contributed by atoms with van der Waals surface area (Å²) in [5, 5.41) is 3.31. The van der Waals surface area contributed by atoms with Crippen molar-refractivity contribution in [2.45, 2.75) is 52.1 Å². The number of nitrogens with one attached hydrogen (secondary N) is 1. The molecule has 3 nitrogen and oxygen atoms in total. The van der Waals surface area contributed by atoms with Gasteiger partial charge in [0, 0.05) is 19.3 Å². The van der Waals surface area contributed by atoms with Crippen LogP contribution in [0.1, 0.15) is 44.7 Å². The Balaban J connectivity index is 1.81. The first-order chi connectivity index (χ1) is 7.88. The van der Waals surface area contributed by atoms with Gasteiger partial charge in [-0.3, -0.25) is 0 Å². The van der Waals surface area contributed by atoms with E-state index >= 15 is 0 Å². The molecule has 3 heteroatoms. The Bertz CT molecular complexity index is 300. The maximum atomic E-state index is 4.42.